The molecule has 0 saturated carbocycles. The number of benzene rings is 5. The van der Waals surface area contributed by atoms with Gasteiger partial charge in [0.05, 0.1) is 5.69 Å². The van der Waals surface area contributed by atoms with Crippen molar-refractivity contribution in [3.8, 4) is 11.3 Å². The Labute approximate surface area is 239 Å². The summed E-state index contributed by atoms with van der Waals surface area (Å²) >= 11 is 0. The molecule has 0 bridgehead atoms. The Balaban J connectivity index is 1.37. The summed E-state index contributed by atoms with van der Waals surface area (Å²) < 4.78 is 15.4. The second-order valence-electron chi connectivity index (χ2n) is 11.1. The number of nitrogens with zero attached hydrogens (tertiary/aromatic N) is 1. The van der Waals surface area contributed by atoms with Crippen molar-refractivity contribution in [2.45, 2.75) is 19.3 Å². The quantitative estimate of drug-likeness (QED) is 0.215. The highest BCUT2D eigenvalue weighted by molar-refractivity contribution is 7.85. The molecular formula is C37H28NO2P. The van der Waals surface area contributed by atoms with Crippen molar-refractivity contribution < 1.29 is 9.36 Å². The lowest BCUT2D eigenvalue weighted by molar-refractivity contribution is 0.103. The minimum Gasteiger partial charge on any atom is -0.309 e. The predicted molar refractivity (Wildman–Crippen MR) is 169 cm³/mol. The lowest BCUT2D eigenvalue weighted by atomic mass is 9.68. The second kappa shape index (κ2) is 9.51. The maximum atomic E-state index is 15.4. The summed E-state index contributed by atoms with van der Waals surface area (Å²) in [7, 11) is -3.27. The van der Waals surface area contributed by atoms with Gasteiger partial charge in [0.25, 0.3) is 0 Å². The molecule has 1 aliphatic rings. The Morgan fingerprint density at radius 3 is 1.98 bits per heavy atom. The second-order valence-corrected chi connectivity index (χ2v) is 13.9. The molecular weight excluding hydrogens is 521 g/mol. The van der Waals surface area contributed by atoms with Gasteiger partial charge in [0.1, 0.15) is 0 Å². The van der Waals surface area contributed by atoms with E-state index in [0.29, 0.717) is 5.56 Å². The fourth-order valence-electron chi connectivity index (χ4n) is 6.13. The average molecular weight is 550 g/mol. The summed E-state index contributed by atoms with van der Waals surface area (Å²) in [6, 6.07) is 41.4. The molecule has 0 N–H and O–H groups in total. The van der Waals surface area contributed by atoms with Gasteiger partial charge in [-0.15, -0.1) is 0 Å². The standard InChI is InChI=1S/C37H28NO2P/c1-37(2)33-15-9-8-14-31(33)36(39)32-21-20-30(23-34(32)37)41(40,28-12-4-3-5-13-28)29-18-16-25(17-19-29)35-22-26-10-6-7-11-27(26)24-38-35/h3-24H,1-2H3. The summed E-state index contributed by atoms with van der Waals surface area (Å²) in [5.74, 6) is 0.0169. The van der Waals surface area contributed by atoms with Crippen LogP contribution in [-0.4, -0.2) is 10.8 Å². The van der Waals surface area contributed by atoms with E-state index >= 15 is 4.57 Å². The first-order valence-electron chi connectivity index (χ1n) is 13.8. The molecule has 4 heteroatoms. The van der Waals surface area contributed by atoms with Crippen LogP contribution in [-0.2, 0) is 9.98 Å². The third kappa shape index (κ3) is 4.00. The summed E-state index contributed by atoms with van der Waals surface area (Å²) in [5.41, 5.74) is 4.74. The van der Waals surface area contributed by atoms with Crippen LogP contribution in [0.1, 0.15) is 40.9 Å². The summed E-state index contributed by atoms with van der Waals surface area (Å²) in [6.07, 6.45) is 1.89. The molecule has 198 valence electrons. The van der Waals surface area contributed by atoms with Gasteiger partial charge in [-0.1, -0.05) is 123 Å². The van der Waals surface area contributed by atoms with Crippen LogP contribution in [0.5, 0.6) is 0 Å². The Kier molecular flexibility index (Phi) is 5.89. The zero-order valence-corrected chi connectivity index (χ0v) is 23.8. The van der Waals surface area contributed by atoms with Gasteiger partial charge < -0.3 is 4.57 Å². The van der Waals surface area contributed by atoms with Crippen LogP contribution in [0.25, 0.3) is 22.0 Å². The number of pyridine rings is 1. The predicted octanol–water partition coefficient (Wildman–Crippen LogP) is 7.41. The monoisotopic (exact) mass is 549 g/mol. The third-order valence-corrected chi connectivity index (χ3v) is 11.5. The van der Waals surface area contributed by atoms with Crippen LogP contribution in [0.4, 0.5) is 0 Å². The molecule has 0 saturated heterocycles. The topological polar surface area (TPSA) is 47.0 Å². The molecule has 6 aromatic rings. The smallest absolute Gasteiger partial charge is 0.193 e. The minimum absolute atomic E-state index is 0.0169. The van der Waals surface area contributed by atoms with Gasteiger partial charge in [0.2, 0.25) is 0 Å². The molecule has 0 aliphatic heterocycles. The summed E-state index contributed by atoms with van der Waals surface area (Å²) in [4.78, 5) is 18.1. The number of fused-ring (bicyclic) bond motifs is 3. The average Bonchev–Trinajstić information content (AvgIpc) is 3.03. The van der Waals surface area contributed by atoms with E-state index in [4.69, 9.17) is 0 Å². The Morgan fingerprint density at radius 1 is 0.585 bits per heavy atom. The molecule has 1 aromatic heterocycles. The van der Waals surface area contributed by atoms with E-state index in [9.17, 15) is 4.79 Å². The number of rotatable bonds is 4. The number of aromatic nitrogens is 1. The SMILES string of the molecule is CC1(C)c2ccccc2C(=O)c2ccc(P(=O)(c3ccccc3)c3ccc(-c4cc5ccccc5cn4)cc3)cc21. The van der Waals surface area contributed by atoms with Crippen molar-refractivity contribution in [3.63, 3.8) is 0 Å². The first kappa shape index (κ1) is 25.4. The highest BCUT2D eigenvalue weighted by Gasteiger charge is 2.39. The van der Waals surface area contributed by atoms with E-state index in [1.165, 1.54) is 0 Å². The molecule has 0 radical (unpaired) electrons. The molecule has 3 nitrogen and oxygen atoms in total. The van der Waals surface area contributed by atoms with E-state index in [1.54, 1.807) is 0 Å². The molecule has 7 rings (SSSR count). The number of hydrogen-bond donors (Lipinski definition) is 0. The van der Waals surface area contributed by atoms with Gasteiger partial charge in [0.15, 0.2) is 12.9 Å². The zero-order chi connectivity index (χ0) is 28.2. The molecule has 5 aromatic carbocycles. The van der Waals surface area contributed by atoms with Gasteiger partial charge in [-0.3, -0.25) is 9.78 Å². The summed E-state index contributed by atoms with van der Waals surface area (Å²) in [6.45, 7) is 4.28. The molecule has 1 aliphatic carbocycles. The number of carbonyl (C=O) groups is 1. The van der Waals surface area contributed by atoms with Crippen molar-refractivity contribution in [1.29, 1.82) is 0 Å². The minimum atomic E-state index is -3.27. The van der Waals surface area contributed by atoms with E-state index < -0.39 is 12.6 Å². The van der Waals surface area contributed by atoms with Crippen LogP contribution >= 0.6 is 7.14 Å². The van der Waals surface area contributed by atoms with Crippen LogP contribution < -0.4 is 15.9 Å². The molecule has 0 amide bonds. The van der Waals surface area contributed by atoms with Gasteiger partial charge in [0, 0.05) is 49.6 Å². The Hall–Kier alpha value is -4.59. The lowest BCUT2D eigenvalue weighted by Gasteiger charge is -2.35. The normalized spacial score (nSPS) is 15.1. The fourth-order valence-corrected chi connectivity index (χ4v) is 8.78. The Morgan fingerprint density at radius 2 is 1.20 bits per heavy atom. The van der Waals surface area contributed by atoms with E-state index in [2.05, 4.69) is 37.0 Å². The van der Waals surface area contributed by atoms with Gasteiger partial charge in [-0.25, -0.2) is 0 Å². The van der Waals surface area contributed by atoms with E-state index in [-0.39, 0.29) is 5.78 Å². The Bertz CT molecular complexity index is 2010. The molecule has 1 heterocycles. The van der Waals surface area contributed by atoms with Crippen LogP contribution in [0, 0.1) is 0 Å². The maximum Gasteiger partial charge on any atom is 0.193 e. The van der Waals surface area contributed by atoms with Gasteiger partial charge in [-0.05, 0) is 34.7 Å². The molecule has 1 atom stereocenters. The molecule has 1 unspecified atom stereocenters. The third-order valence-electron chi connectivity index (χ3n) is 8.41. The van der Waals surface area contributed by atoms with Crippen molar-refractivity contribution in [2.75, 3.05) is 0 Å². The maximum absolute atomic E-state index is 15.4. The number of hydrogen-bond acceptors (Lipinski definition) is 3. The van der Waals surface area contributed by atoms with Crippen LogP contribution in [0.3, 0.4) is 0 Å². The first-order valence-corrected chi connectivity index (χ1v) is 15.5. The van der Waals surface area contributed by atoms with Crippen LogP contribution in [0.15, 0.2) is 134 Å². The molecule has 0 fully saturated rings. The zero-order valence-electron chi connectivity index (χ0n) is 22.9. The fraction of sp³-hybridized carbons (Fsp3) is 0.0811. The first-order chi connectivity index (χ1) is 19.9. The number of ketones is 1. The van der Waals surface area contributed by atoms with Crippen molar-refractivity contribution in [1.82, 2.24) is 4.98 Å². The number of carbonyl (C=O) groups excluding carboxylic acids is 1. The summed E-state index contributed by atoms with van der Waals surface area (Å²) in [5, 5.41) is 4.45. The van der Waals surface area contributed by atoms with Crippen molar-refractivity contribution >= 4 is 39.6 Å². The van der Waals surface area contributed by atoms with Crippen molar-refractivity contribution in [3.05, 3.63) is 156 Å². The van der Waals surface area contributed by atoms with Gasteiger partial charge in [-0.2, -0.15) is 0 Å². The van der Waals surface area contributed by atoms with E-state index in [1.807, 2.05) is 115 Å². The lowest BCUT2D eigenvalue weighted by Crippen LogP contribution is -2.33. The largest absolute Gasteiger partial charge is 0.309 e. The highest BCUT2D eigenvalue weighted by Crippen LogP contribution is 2.46. The van der Waals surface area contributed by atoms with Crippen molar-refractivity contribution in [2.24, 2.45) is 0 Å². The van der Waals surface area contributed by atoms with Gasteiger partial charge >= 0.3 is 0 Å². The molecule has 0 spiro atoms. The van der Waals surface area contributed by atoms with E-state index in [0.717, 1.165) is 54.6 Å². The van der Waals surface area contributed by atoms with Crippen LogP contribution in [0.2, 0.25) is 0 Å². The molecule has 41 heavy (non-hydrogen) atoms. The highest BCUT2D eigenvalue weighted by atomic mass is 31.2.